The Labute approximate surface area is 183 Å². The molecule has 1 aromatic rings. The van der Waals surface area contributed by atoms with Crippen LogP contribution < -0.4 is 0 Å². The highest BCUT2D eigenvalue weighted by Crippen LogP contribution is 2.62. The molecular weight excluding hydrogens is 396 g/mol. The molecule has 6 atom stereocenters. The lowest BCUT2D eigenvalue weighted by Crippen LogP contribution is -2.53. The van der Waals surface area contributed by atoms with Gasteiger partial charge in [-0.15, -0.1) is 0 Å². The molecule has 2 aliphatic carbocycles. The number of carbonyl (C=O) groups is 2. The summed E-state index contributed by atoms with van der Waals surface area (Å²) in [6, 6.07) is 3.45. The second-order valence-corrected chi connectivity index (χ2v) is 10.7. The average molecular weight is 429 g/mol. The maximum Gasteiger partial charge on any atom is 0.310 e. The average Bonchev–Trinajstić information content (AvgIpc) is 3.19. The monoisotopic (exact) mass is 428 g/mol. The van der Waals surface area contributed by atoms with E-state index in [-0.39, 0.29) is 34.9 Å². The second-order valence-electron chi connectivity index (χ2n) is 10.7. The van der Waals surface area contributed by atoms with Crippen molar-refractivity contribution in [2.75, 3.05) is 39.3 Å². The van der Waals surface area contributed by atoms with Gasteiger partial charge in [-0.2, -0.15) is 0 Å². The summed E-state index contributed by atoms with van der Waals surface area (Å²) in [5.74, 6) is 1.12. The van der Waals surface area contributed by atoms with E-state index in [1.54, 1.807) is 12.1 Å². The first-order valence-electron chi connectivity index (χ1n) is 11.9. The fourth-order valence-corrected chi connectivity index (χ4v) is 7.13. The highest BCUT2D eigenvalue weighted by molar-refractivity contribution is 5.91. The SMILES string of the molecule is C[C@]12CCC[C@]3(CO3)[C@@H]1C[C@H]1[C@H](CN3CCN(C(=O)c4ccco4)CC3)C(=O)O[C@@H]1C2. The molecule has 5 fully saturated rings. The summed E-state index contributed by atoms with van der Waals surface area (Å²) in [4.78, 5) is 29.6. The smallest absolute Gasteiger partial charge is 0.310 e. The van der Waals surface area contributed by atoms with E-state index in [4.69, 9.17) is 13.9 Å². The lowest BCUT2D eigenvalue weighted by atomic mass is 9.53. The first-order valence-corrected chi connectivity index (χ1v) is 11.9. The molecule has 0 aromatic carbocycles. The van der Waals surface area contributed by atoms with Crippen molar-refractivity contribution in [3.8, 4) is 0 Å². The number of amides is 1. The molecule has 7 heteroatoms. The minimum Gasteiger partial charge on any atom is -0.462 e. The minimum absolute atomic E-state index is 0.0166. The van der Waals surface area contributed by atoms with Gasteiger partial charge in [0.2, 0.25) is 0 Å². The number of fused-ring (bicyclic) bond motifs is 3. The third kappa shape index (κ3) is 3.23. The van der Waals surface area contributed by atoms with Crippen molar-refractivity contribution in [3.63, 3.8) is 0 Å². The highest BCUT2D eigenvalue weighted by Gasteiger charge is 2.65. The molecule has 4 heterocycles. The van der Waals surface area contributed by atoms with Crippen molar-refractivity contribution in [2.45, 2.75) is 50.7 Å². The van der Waals surface area contributed by atoms with Gasteiger partial charge in [0.05, 0.1) is 24.4 Å². The predicted molar refractivity (Wildman–Crippen MR) is 111 cm³/mol. The normalized spacial score (nSPS) is 42.2. The summed E-state index contributed by atoms with van der Waals surface area (Å²) in [7, 11) is 0. The van der Waals surface area contributed by atoms with Gasteiger partial charge in [-0.05, 0) is 55.6 Å². The molecule has 31 heavy (non-hydrogen) atoms. The van der Waals surface area contributed by atoms with E-state index in [0.29, 0.717) is 30.7 Å². The van der Waals surface area contributed by atoms with Gasteiger partial charge in [0.1, 0.15) is 6.10 Å². The van der Waals surface area contributed by atoms with Gasteiger partial charge in [0, 0.05) is 38.6 Å². The van der Waals surface area contributed by atoms with Crippen LogP contribution in [-0.2, 0) is 14.3 Å². The fourth-order valence-electron chi connectivity index (χ4n) is 7.13. The number of nitrogens with zero attached hydrogens (tertiary/aromatic N) is 2. The second kappa shape index (κ2) is 7.07. The highest BCUT2D eigenvalue weighted by atomic mass is 16.6. The summed E-state index contributed by atoms with van der Waals surface area (Å²) in [5, 5.41) is 0. The van der Waals surface area contributed by atoms with Crippen LogP contribution in [0.5, 0.6) is 0 Å². The number of hydrogen-bond donors (Lipinski definition) is 0. The molecule has 1 amide bonds. The van der Waals surface area contributed by atoms with Gasteiger partial charge >= 0.3 is 5.97 Å². The molecular formula is C24H32N2O5. The number of epoxide rings is 1. The van der Waals surface area contributed by atoms with Gasteiger partial charge in [-0.25, -0.2) is 0 Å². The van der Waals surface area contributed by atoms with Gasteiger partial charge in [0.25, 0.3) is 5.91 Å². The molecule has 0 bridgehead atoms. The number of carbonyl (C=O) groups excluding carboxylic acids is 2. The van der Waals surface area contributed by atoms with Gasteiger partial charge in [-0.1, -0.05) is 6.92 Å². The van der Waals surface area contributed by atoms with Gasteiger partial charge in [-0.3, -0.25) is 14.5 Å². The summed E-state index contributed by atoms with van der Waals surface area (Å²) < 4.78 is 17.2. The molecule has 3 aliphatic heterocycles. The first kappa shape index (κ1) is 19.8. The Kier molecular flexibility index (Phi) is 4.52. The van der Waals surface area contributed by atoms with Crippen molar-refractivity contribution >= 4 is 11.9 Å². The van der Waals surface area contributed by atoms with Crippen molar-refractivity contribution in [1.82, 2.24) is 9.80 Å². The maximum absolute atomic E-state index is 12.9. The standard InChI is InChI=1S/C24H32N2O5/c1-23-5-3-6-24(15-30-24)20(23)12-16-17(22(28)31-19(16)13-23)14-25-7-9-26(10-8-25)21(27)18-4-2-11-29-18/h2,4,11,16-17,19-20H,3,5-10,12-15H2,1H3/t16-,17-,19+,20+,23+,24-/m0/s1. The zero-order chi connectivity index (χ0) is 21.2. The zero-order valence-corrected chi connectivity index (χ0v) is 18.3. The summed E-state index contributed by atoms with van der Waals surface area (Å²) in [6.07, 6.45) is 7.26. The lowest BCUT2D eigenvalue weighted by Gasteiger charge is -2.51. The number of ether oxygens (including phenoxy) is 2. The van der Waals surface area contributed by atoms with E-state index in [2.05, 4.69) is 11.8 Å². The molecule has 0 N–H and O–H groups in total. The Morgan fingerprint density at radius 1 is 1.23 bits per heavy atom. The minimum atomic E-state index is -0.0559. The molecule has 7 nitrogen and oxygen atoms in total. The Morgan fingerprint density at radius 3 is 2.74 bits per heavy atom. The van der Waals surface area contributed by atoms with Gasteiger partial charge < -0.3 is 18.8 Å². The van der Waals surface area contributed by atoms with E-state index < -0.39 is 0 Å². The zero-order valence-electron chi connectivity index (χ0n) is 18.3. The van der Waals surface area contributed by atoms with E-state index in [1.165, 1.54) is 25.5 Å². The van der Waals surface area contributed by atoms with Crippen molar-refractivity contribution in [2.24, 2.45) is 23.2 Å². The topological polar surface area (TPSA) is 75.5 Å². The lowest BCUT2D eigenvalue weighted by molar-refractivity contribution is -0.147. The Bertz CT molecular complexity index is 857. The Balaban J connectivity index is 1.11. The maximum atomic E-state index is 12.9. The molecule has 5 aliphatic rings. The molecule has 2 saturated carbocycles. The number of rotatable bonds is 3. The summed E-state index contributed by atoms with van der Waals surface area (Å²) in [5.41, 5.74) is 0.328. The molecule has 3 saturated heterocycles. The van der Waals surface area contributed by atoms with Crippen molar-refractivity contribution in [3.05, 3.63) is 24.2 Å². The van der Waals surface area contributed by atoms with Crippen LogP contribution in [0.3, 0.4) is 0 Å². The van der Waals surface area contributed by atoms with E-state index in [9.17, 15) is 9.59 Å². The summed E-state index contributed by atoms with van der Waals surface area (Å²) in [6.45, 7) is 6.91. The molecule has 0 radical (unpaired) electrons. The molecule has 1 aromatic heterocycles. The Hall–Kier alpha value is -1.86. The van der Waals surface area contributed by atoms with Crippen LogP contribution in [0.25, 0.3) is 0 Å². The van der Waals surface area contributed by atoms with E-state index in [1.807, 2.05) is 4.90 Å². The largest absolute Gasteiger partial charge is 0.462 e. The third-order valence-electron chi connectivity index (χ3n) is 8.93. The van der Waals surface area contributed by atoms with Gasteiger partial charge in [0.15, 0.2) is 5.76 Å². The fraction of sp³-hybridized carbons (Fsp3) is 0.750. The number of piperazine rings is 1. The predicted octanol–water partition coefficient (Wildman–Crippen LogP) is 2.56. The van der Waals surface area contributed by atoms with E-state index in [0.717, 1.165) is 39.1 Å². The van der Waals surface area contributed by atoms with Crippen LogP contribution >= 0.6 is 0 Å². The number of esters is 1. The van der Waals surface area contributed by atoms with Crippen LogP contribution in [0.4, 0.5) is 0 Å². The number of hydrogen-bond acceptors (Lipinski definition) is 6. The van der Waals surface area contributed by atoms with Crippen LogP contribution in [0.15, 0.2) is 22.8 Å². The van der Waals surface area contributed by atoms with Crippen LogP contribution in [0.1, 0.15) is 49.6 Å². The Morgan fingerprint density at radius 2 is 2.03 bits per heavy atom. The van der Waals surface area contributed by atoms with Crippen LogP contribution in [0, 0.1) is 23.2 Å². The van der Waals surface area contributed by atoms with E-state index >= 15 is 0 Å². The molecule has 168 valence electrons. The van der Waals surface area contributed by atoms with Crippen molar-refractivity contribution in [1.29, 1.82) is 0 Å². The number of furan rings is 1. The van der Waals surface area contributed by atoms with Crippen LogP contribution in [0.2, 0.25) is 0 Å². The first-order chi connectivity index (χ1) is 15.0. The van der Waals surface area contributed by atoms with Crippen molar-refractivity contribution < 1.29 is 23.5 Å². The molecule has 0 unspecified atom stereocenters. The third-order valence-corrected chi connectivity index (χ3v) is 8.93. The van der Waals surface area contributed by atoms with Crippen LogP contribution in [-0.4, -0.2) is 72.7 Å². The molecule has 1 spiro atoms. The summed E-state index contributed by atoms with van der Waals surface area (Å²) >= 11 is 0. The molecule has 6 rings (SSSR count). The quantitative estimate of drug-likeness (QED) is 0.544.